The number of nitriles is 1. The summed E-state index contributed by atoms with van der Waals surface area (Å²) in [4.78, 5) is 9.08. The van der Waals surface area contributed by atoms with Gasteiger partial charge >= 0.3 is 0 Å². The molecule has 11 nitrogen and oxygen atoms in total. The highest BCUT2D eigenvalue weighted by Gasteiger charge is 2.31. The van der Waals surface area contributed by atoms with Crippen molar-refractivity contribution >= 4 is 46.2 Å². The van der Waals surface area contributed by atoms with Crippen molar-refractivity contribution in [2.75, 3.05) is 32.2 Å². The SMILES string of the molecule is BC(B)(B)n1cc(Nc2ncc3cc(C#N)n([C@@H](C)COC)c3n2)c(O[C@@H]2COCC2O)n1. The third kappa shape index (κ3) is 4.71. The van der Waals surface area contributed by atoms with Crippen molar-refractivity contribution in [1.29, 1.82) is 5.26 Å². The first-order valence-electron chi connectivity index (χ1n) is 10.8. The fourth-order valence-corrected chi connectivity index (χ4v) is 3.69. The maximum absolute atomic E-state index is 10.1. The van der Waals surface area contributed by atoms with Crippen LogP contribution in [-0.4, -0.2) is 92.1 Å². The lowest BCUT2D eigenvalue weighted by Gasteiger charge is -2.19. The number of aliphatic hydroxyl groups is 1. The van der Waals surface area contributed by atoms with Crippen molar-refractivity contribution in [3.05, 3.63) is 24.2 Å². The standard InChI is InChI=1S/C19H26B3N7O4/c1-10(7-31-2)29-12(4-23)3-11-5-24-18(26-16(11)29)25-13-6-28(19(20,21)22)27-17(13)33-15-9-32-8-14(15)30/h3,5-6,10,14-15,30H,7-9,20-22H2,1-2H3,(H,24,25,26)/t10-,14?,15+/m0/s1. The van der Waals surface area contributed by atoms with Gasteiger partial charge in [0.2, 0.25) is 5.95 Å². The Kier molecular flexibility index (Phi) is 6.38. The Morgan fingerprint density at radius 2 is 2.21 bits per heavy atom. The number of aromatic nitrogens is 5. The van der Waals surface area contributed by atoms with Gasteiger partial charge in [0.25, 0.3) is 5.88 Å². The van der Waals surface area contributed by atoms with Gasteiger partial charge in [0.15, 0.2) is 6.10 Å². The van der Waals surface area contributed by atoms with E-state index in [1.807, 2.05) is 41.2 Å². The maximum Gasteiger partial charge on any atom is 0.257 e. The van der Waals surface area contributed by atoms with Crippen molar-refractivity contribution in [2.24, 2.45) is 0 Å². The lowest BCUT2D eigenvalue weighted by atomic mass is 9.49. The third-order valence-corrected chi connectivity index (χ3v) is 5.42. The predicted molar refractivity (Wildman–Crippen MR) is 129 cm³/mol. The molecule has 3 aromatic heterocycles. The highest BCUT2D eigenvalue weighted by Crippen LogP contribution is 2.30. The van der Waals surface area contributed by atoms with E-state index in [1.165, 1.54) is 0 Å². The molecule has 170 valence electrons. The minimum absolute atomic E-state index is 0.0868. The number of rotatable bonds is 8. The first-order chi connectivity index (χ1) is 15.7. The normalized spacial score (nSPS) is 19.5. The minimum Gasteiger partial charge on any atom is -0.466 e. The van der Waals surface area contributed by atoms with Gasteiger partial charge < -0.3 is 29.2 Å². The van der Waals surface area contributed by atoms with E-state index >= 15 is 0 Å². The van der Waals surface area contributed by atoms with Gasteiger partial charge in [0.05, 0.1) is 32.1 Å². The molecule has 1 fully saturated rings. The van der Waals surface area contributed by atoms with Gasteiger partial charge in [0, 0.05) is 18.7 Å². The molecule has 1 saturated heterocycles. The Hall–Kier alpha value is -3.01. The van der Waals surface area contributed by atoms with Crippen LogP contribution in [0.1, 0.15) is 18.7 Å². The number of fused-ring (bicyclic) bond motifs is 1. The Labute approximate surface area is 194 Å². The zero-order valence-electron chi connectivity index (χ0n) is 19.4. The first kappa shape index (κ1) is 23.2. The van der Waals surface area contributed by atoms with Gasteiger partial charge in [-0.15, -0.1) is 5.10 Å². The van der Waals surface area contributed by atoms with Crippen LogP contribution < -0.4 is 10.1 Å². The highest BCUT2D eigenvalue weighted by atomic mass is 16.6. The van der Waals surface area contributed by atoms with Crippen LogP contribution in [0.3, 0.4) is 0 Å². The molecule has 0 bridgehead atoms. The third-order valence-electron chi connectivity index (χ3n) is 5.42. The molecule has 0 amide bonds. The summed E-state index contributed by atoms with van der Waals surface area (Å²) in [5.41, 5.74) is 1.67. The Morgan fingerprint density at radius 3 is 2.85 bits per heavy atom. The fourth-order valence-electron chi connectivity index (χ4n) is 3.69. The molecule has 4 heterocycles. The monoisotopic (exact) mass is 449 g/mol. The molecule has 0 saturated carbocycles. The zero-order valence-corrected chi connectivity index (χ0v) is 19.4. The number of aliphatic hydroxyl groups excluding tert-OH is 1. The van der Waals surface area contributed by atoms with Crippen molar-refractivity contribution < 1.29 is 19.3 Å². The van der Waals surface area contributed by atoms with Gasteiger partial charge in [-0.25, -0.2) is 4.98 Å². The summed E-state index contributed by atoms with van der Waals surface area (Å²) >= 11 is 0. The van der Waals surface area contributed by atoms with Crippen LogP contribution in [0, 0.1) is 11.3 Å². The Balaban J connectivity index is 1.70. The van der Waals surface area contributed by atoms with E-state index in [9.17, 15) is 10.4 Å². The topological polar surface area (TPSA) is 132 Å². The summed E-state index contributed by atoms with van der Waals surface area (Å²) in [6.45, 7) is 2.92. The van der Waals surface area contributed by atoms with Gasteiger partial charge in [0.1, 0.15) is 52.7 Å². The second-order valence-corrected chi connectivity index (χ2v) is 9.14. The number of methoxy groups -OCH3 is 1. The molecule has 1 unspecified atom stereocenters. The molecule has 2 N–H and O–H groups in total. The van der Waals surface area contributed by atoms with Gasteiger partial charge in [-0.05, 0) is 18.2 Å². The molecule has 3 atom stereocenters. The maximum atomic E-state index is 10.1. The number of hydrogen-bond donors (Lipinski definition) is 2. The van der Waals surface area contributed by atoms with Gasteiger partial charge in [-0.3, -0.25) is 4.68 Å². The van der Waals surface area contributed by atoms with Gasteiger partial charge in [-0.1, -0.05) is 0 Å². The summed E-state index contributed by atoms with van der Waals surface area (Å²) in [7, 11) is 7.70. The molecule has 4 rings (SSSR count). The number of anilines is 2. The van der Waals surface area contributed by atoms with Gasteiger partial charge in [-0.2, -0.15) is 10.2 Å². The Morgan fingerprint density at radius 1 is 1.42 bits per heavy atom. The first-order valence-corrected chi connectivity index (χ1v) is 10.8. The molecule has 0 spiro atoms. The van der Waals surface area contributed by atoms with E-state index in [2.05, 4.69) is 26.5 Å². The van der Waals surface area contributed by atoms with Crippen LogP contribution in [0.2, 0.25) is 0 Å². The van der Waals surface area contributed by atoms with E-state index in [0.717, 1.165) is 5.39 Å². The molecular formula is C19H26B3N7O4. The van der Waals surface area contributed by atoms with Crippen LogP contribution >= 0.6 is 0 Å². The second-order valence-electron chi connectivity index (χ2n) is 9.14. The average molecular weight is 449 g/mol. The molecule has 1 aliphatic rings. The van der Waals surface area contributed by atoms with Crippen molar-refractivity contribution in [3.8, 4) is 11.9 Å². The molecule has 0 aromatic carbocycles. The quantitative estimate of drug-likeness (QED) is 0.377. The fraction of sp³-hybridized carbons (Fsp3) is 0.474. The van der Waals surface area contributed by atoms with E-state index in [-0.39, 0.29) is 24.5 Å². The number of nitrogens with zero attached hydrogens (tertiary/aromatic N) is 6. The highest BCUT2D eigenvalue weighted by molar-refractivity contribution is 6.56. The molecule has 1 aliphatic heterocycles. The van der Waals surface area contributed by atoms with Crippen LogP contribution in [0.15, 0.2) is 18.5 Å². The second kappa shape index (κ2) is 9.09. The lowest BCUT2D eigenvalue weighted by Crippen LogP contribution is -2.35. The van der Waals surface area contributed by atoms with E-state index in [1.54, 1.807) is 24.1 Å². The molecule has 33 heavy (non-hydrogen) atoms. The van der Waals surface area contributed by atoms with E-state index in [0.29, 0.717) is 35.5 Å². The van der Waals surface area contributed by atoms with Crippen LogP contribution in [-0.2, 0) is 14.7 Å². The zero-order chi connectivity index (χ0) is 23.8. The molecular weight excluding hydrogens is 423 g/mol. The number of ether oxygens (including phenoxy) is 3. The van der Waals surface area contributed by atoms with Crippen LogP contribution in [0.5, 0.6) is 5.88 Å². The smallest absolute Gasteiger partial charge is 0.257 e. The summed E-state index contributed by atoms with van der Waals surface area (Å²) in [5.74, 6) is 0.654. The summed E-state index contributed by atoms with van der Waals surface area (Å²) in [6, 6.07) is 3.89. The Bertz CT molecular complexity index is 1190. The molecule has 3 aromatic rings. The van der Waals surface area contributed by atoms with Crippen molar-refractivity contribution in [2.45, 2.75) is 30.4 Å². The number of nitrogens with one attached hydrogen (secondary N) is 1. The summed E-state index contributed by atoms with van der Waals surface area (Å²) in [6.07, 6.45) is 2.26. The summed E-state index contributed by atoms with van der Waals surface area (Å²) < 4.78 is 20.2. The van der Waals surface area contributed by atoms with Crippen LogP contribution in [0.4, 0.5) is 11.6 Å². The molecule has 0 radical (unpaired) electrons. The minimum atomic E-state index is -0.722. The lowest BCUT2D eigenvalue weighted by molar-refractivity contribution is 0.0703. The number of hydrogen-bond acceptors (Lipinski definition) is 9. The van der Waals surface area contributed by atoms with Crippen LogP contribution in [0.25, 0.3) is 11.0 Å². The van der Waals surface area contributed by atoms with Crippen molar-refractivity contribution in [3.63, 3.8) is 0 Å². The molecule has 14 heteroatoms. The van der Waals surface area contributed by atoms with E-state index < -0.39 is 12.2 Å². The summed E-state index contributed by atoms with van der Waals surface area (Å²) in [5, 5.41) is 27.9. The predicted octanol–water partition coefficient (Wildman–Crippen LogP) is -1.94. The largest absolute Gasteiger partial charge is 0.466 e. The molecule has 0 aliphatic carbocycles. The average Bonchev–Trinajstić information content (AvgIpc) is 3.45. The van der Waals surface area contributed by atoms with Crippen molar-refractivity contribution in [1.82, 2.24) is 24.3 Å². The van der Waals surface area contributed by atoms with E-state index in [4.69, 9.17) is 14.2 Å².